The first-order valence-corrected chi connectivity index (χ1v) is 9.28. The SMILES string of the molecule is NNC(=O)c1cc(-c2ccccc2)cc(-c2ccc(S(N)(=O)=O)cc2)c1. The second kappa shape index (κ2) is 7.09. The zero-order chi connectivity index (χ0) is 18.7. The van der Waals surface area contributed by atoms with Gasteiger partial charge in [0.15, 0.2) is 0 Å². The van der Waals surface area contributed by atoms with E-state index < -0.39 is 15.9 Å². The number of hydrazine groups is 1. The second-order valence-electron chi connectivity index (χ2n) is 5.71. The maximum absolute atomic E-state index is 12.0. The van der Waals surface area contributed by atoms with Crippen molar-refractivity contribution in [1.82, 2.24) is 5.43 Å². The summed E-state index contributed by atoms with van der Waals surface area (Å²) < 4.78 is 22.8. The van der Waals surface area contributed by atoms with E-state index in [2.05, 4.69) is 5.43 Å². The van der Waals surface area contributed by atoms with Gasteiger partial charge in [-0.3, -0.25) is 10.2 Å². The lowest BCUT2D eigenvalue weighted by Gasteiger charge is -2.10. The molecule has 0 aliphatic carbocycles. The minimum absolute atomic E-state index is 0.0281. The fourth-order valence-electron chi connectivity index (χ4n) is 2.64. The summed E-state index contributed by atoms with van der Waals surface area (Å²) in [4.78, 5) is 12.1. The van der Waals surface area contributed by atoms with E-state index in [-0.39, 0.29) is 4.90 Å². The number of nitrogens with two attached hydrogens (primary N) is 2. The van der Waals surface area contributed by atoms with Crippen LogP contribution in [0, 0.1) is 0 Å². The summed E-state index contributed by atoms with van der Waals surface area (Å²) in [5.74, 6) is 4.86. The smallest absolute Gasteiger partial charge is 0.265 e. The van der Waals surface area contributed by atoms with E-state index in [4.69, 9.17) is 11.0 Å². The molecule has 3 aromatic rings. The molecule has 1 amide bonds. The molecule has 7 heteroatoms. The maximum Gasteiger partial charge on any atom is 0.265 e. The predicted molar refractivity (Wildman–Crippen MR) is 100 cm³/mol. The Morgan fingerprint density at radius 3 is 1.81 bits per heavy atom. The third-order valence-electron chi connectivity index (χ3n) is 3.95. The van der Waals surface area contributed by atoms with Crippen molar-refractivity contribution in [1.29, 1.82) is 0 Å². The Morgan fingerprint density at radius 2 is 1.31 bits per heavy atom. The van der Waals surface area contributed by atoms with Crippen molar-refractivity contribution >= 4 is 15.9 Å². The molecule has 6 nitrogen and oxygen atoms in total. The number of hydrogen-bond acceptors (Lipinski definition) is 4. The van der Waals surface area contributed by atoms with Crippen LogP contribution in [-0.2, 0) is 10.0 Å². The summed E-state index contributed by atoms with van der Waals surface area (Å²) in [6, 6.07) is 21.1. The highest BCUT2D eigenvalue weighted by atomic mass is 32.2. The third-order valence-corrected chi connectivity index (χ3v) is 4.88. The molecule has 3 rings (SSSR count). The van der Waals surface area contributed by atoms with Gasteiger partial charge in [-0.25, -0.2) is 19.4 Å². The second-order valence-corrected chi connectivity index (χ2v) is 7.27. The standard InChI is InChI=1S/C19H17N3O3S/c20-22-19(23)17-11-15(13-4-2-1-3-5-13)10-16(12-17)14-6-8-18(9-7-14)26(21,24)25/h1-12H,20H2,(H,22,23)(H2,21,24,25). The molecular formula is C19H17N3O3S. The lowest BCUT2D eigenvalue weighted by molar-refractivity contribution is 0.0953. The molecule has 3 aromatic carbocycles. The van der Waals surface area contributed by atoms with Crippen LogP contribution >= 0.6 is 0 Å². The molecule has 0 fully saturated rings. The van der Waals surface area contributed by atoms with Crippen LogP contribution < -0.4 is 16.4 Å². The molecule has 0 spiro atoms. The first-order chi connectivity index (χ1) is 12.4. The first kappa shape index (κ1) is 17.8. The van der Waals surface area contributed by atoms with Crippen LogP contribution in [0.2, 0.25) is 0 Å². The van der Waals surface area contributed by atoms with Crippen LogP contribution in [-0.4, -0.2) is 14.3 Å². The summed E-state index contributed by atoms with van der Waals surface area (Å²) in [6.45, 7) is 0. The van der Waals surface area contributed by atoms with Gasteiger partial charge in [-0.1, -0.05) is 42.5 Å². The average Bonchev–Trinajstić information content (AvgIpc) is 2.67. The maximum atomic E-state index is 12.0. The Labute approximate surface area is 151 Å². The van der Waals surface area contributed by atoms with E-state index in [0.717, 1.165) is 22.3 Å². The minimum Gasteiger partial charge on any atom is -0.290 e. The summed E-state index contributed by atoms with van der Waals surface area (Å²) in [6.07, 6.45) is 0. The van der Waals surface area contributed by atoms with E-state index in [1.807, 2.05) is 36.4 Å². The van der Waals surface area contributed by atoms with Crippen LogP contribution in [0.4, 0.5) is 0 Å². The molecule has 0 atom stereocenters. The quantitative estimate of drug-likeness (QED) is 0.373. The van der Waals surface area contributed by atoms with Crippen molar-refractivity contribution in [3.05, 3.63) is 78.4 Å². The van der Waals surface area contributed by atoms with Crippen LogP contribution in [0.15, 0.2) is 77.7 Å². The fourth-order valence-corrected chi connectivity index (χ4v) is 3.16. The number of primary sulfonamides is 1. The summed E-state index contributed by atoms with van der Waals surface area (Å²) >= 11 is 0. The van der Waals surface area contributed by atoms with Crippen LogP contribution in [0.3, 0.4) is 0 Å². The van der Waals surface area contributed by atoms with Crippen molar-refractivity contribution in [2.45, 2.75) is 4.90 Å². The topological polar surface area (TPSA) is 115 Å². The van der Waals surface area contributed by atoms with Crippen LogP contribution in [0.5, 0.6) is 0 Å². The predicted octanol–water partition coefficient (Wildman–Crippen LogP) is 2.27. The number of carbonyl (C=O) groups is 1. The molecule has 5 N–H and O–H groups in total. The Balaban J connectivity index is 2.13. The van der Waals surface area contributed by atoms with Gasteiger partial charge in [0, 0.05) is 5.56 Å². The molecule has 0 bridgehead atoms. The van der Waals surface area contributed by atoms with Gasteiger partial charge in [-0.2, -0.15) is 0 Å². The zero-order valence-corrected chi connectivity index (χ0v) is 14.5. The monoisotopic (exact) mass is 367 g/mol. The number of amides is 1. The Bertz CT molecular complexity index is 1050. The molecular weight excluding hydrogens is 350 g/mol. The highest BCUT2D eigenvalue weighted by molar-refractivity contribution is 7.89. The molecule has 0 aliphatic rings. The molecule has 0 aliphatic heterocycles. The van der Waals surface area contributed by atoms with E-state index in [9.17, 15) is 13.2 Å². The van der Waals surface area contributed by atoms with E-state index in [0.29, 0.717) is 5.56 Å². The molecule has 0 saturated heterocycles. The lowest BCUT2D eigenvalue weighted by atomic mass is 9.96. The van der Waals surface area contributed by atoms with Gasteiger partial charge in [0.2, 0.25) is 10.0 Å². The van der Waals surface area contributed by atoms with Crippen molar-refractivity contribution in [3.63, 3.8) is 0 Å². The van der Waals surface area contributed by atoms with Crippen LogP contribution in [0.1, 0.15) is 10.4 Å². The van der Waals surface area contributed by atoms with Gasteiger partial charge in [-0.05, 0) is 52.6 Å². The molecule has 0 radical (unpaired) electrons. The van der Waals surface area contributed by atoms with Gasteiger partial charge in [0.1, 0.15) is 0 Å². The van der Waals surface area contributed by atoms with Crippen molar-refractivity contribution in [2.75, 3.05) is 0 Å². The van der Waals surface area contributed by atoms with E-state index in [1.54, 1.807) is 24.3 Å². The van der Waals surface area contributed by atoms with Gasteiger partial charge in [0.25, 0.3) is 5.91 Å². The van der Waals surface area contributed by atoms with Crippen molar-refractivity contribution in [2.24, 2.45) is 11.0 Å². The summed E-state index contributed by atoms with van der Waals surface area (Å²) in [5, 5.41) is 5.13. The molecule has 0 saturated carbocycles. The minimum atomic E-state index is -3.76. The number of nitrogen functional groups attached to an aromatic ring is 1. The number of rotatable bonds is 4. The molecule has 26 heavy (non-hydrogen) atoms. The van der Waals surface area contributed by atoms with Crippen molar-refractivity contribution < 1.29 is 13.2 Å². The number of benzene rings is 3. The largest absolute Gasteiger partial charge is 0.290 e. The lowest BCUT2D eigenvalue weighted by Crippen LogP contribution is -2.30. The van der Waals surface area contributed by atoms with E-state index >= 15 is 0 Å². The van der Waals surface area contributed by atoms with Gasteiger partial charge < -0.3 is 0 Å². The first-order valence-electron chi connectivity index (χ1n) is 7.73. The molecule has 0 heterocycles. The molecule has 0 unspecified atom stereocenters. The molecule has 0 aromatic heterocycles. The average molecular weight is 367 g/mol. The Morgan fingerprint density at radius 1 is 0.769 bits per heavy atom. The Hall–Kier alpha value is -3.00. The van der Waals surface area contributed by atoms with Gasteiger partial charge in [-0.15, -0.1) is 0 Å². The Kier molecular flexibility index (Phi) is 4.85. The molecule has 132 valence electrons. The fraction of sp³-hybridized carbons (Fsp3) is 0. The highest BCUT2D eigenvalue weighted by Gasteiger charge is 2.12. The zero-order valence-electron chi connectivity index (χ0n) is 13.7. The normalized spacial score (nSPS) is 11.2. The summed E-state index contributed by atoms with van der Waals surface area (Å²) in [5.41, 5.74) is 5.83. The van der Waals surface area contributed by atoms with Gasteiger partial charge in [0.05, 0.1) is 4.90 Å². The van der Waals surface area contributed by atoms with Gasteiger partial charge >= 0.3 is 0 Å². The number of hydrogen-bond donors (Lipinski definition) is 3. The number of nitrogens with one attached hydrogen (secondary N) is 1. The third kappa shape index (κ3) is 3.80. The highest BCUT2D eigenvalue weighted by Crippen LogP contribution is 2.29. The number of carbonyl (C=O) groups excluding carboxylic acids is 1. The summed E-state index contributed by atoms with van der Waals surface area (Å²) in [7, 11) is -3.76. The van der Waals surface area contributed by atoms with E-state index in [1.165, 1.54) is 12.1 Å². The van der Waals surface area contributed by atoms with Crippen molar-refractivity contribution in [3.8, 4) is 22.3 Å². The number of sulfonamides is 1. The van der Waals surface area contributed by atoms with Crippen LogP contribution in [0.25, 0.3) is 22.3 Å².